The Labute approximate surface area is 219 Å². The number of methoxy groups -OCH3 is 2. The van der Waals surface area contributed by atoms with E-state index in [1.54, 1.807) is 42.6 Å². The number of aliphatic hydroxyl groups excluding tert-OH is 1. The van der Waals surface area contributed by atoms with Crippen LogP contribution in [-0.2, 0) is 4.79 Å². The minimum atomic E-state index is -1.05. The molecule has 0 saturated carbocycles. The minimum absolute atomic E-state index is 0.0642. The van der Waals surface area contributed by atoms with Crippen LogP contribution in [0.25, 0.3) is 22.2 Å². The smallest absolute Gasteiger partial charge is 0.251 e. The number of fused-ring (bicyclic) bond motifs is 1. The first-order valence-electron chi connectivity index (χ1n) is 12.4. The first kappa shape index (κ1) is 25.5. The Hall–Kier alpha value is -4.18. The molecule has 0 spiro atoms. The van der Waals surface area contributed by atoms with Gasteiger partial charge in [0, 0.05) is 24.8 Å². The fourth-order valence-corrected chi connectivity index (χ4v) is 4.84. The lowest BCUT2D eigenvalue weighted by Crippen LogP contribution is -2.44. The number of rotatable bonds is 7. The third kappa shape index (κ3) is 4.74. The van der Waals surface area contributed by atoms with Gasteiger partial charge in [-0.25, -0.2) is 0 Å². The van der Waals surface area contributed by atoms with Gasteiger partial charge in [-0.15, -0.1) is 0 Å². The van der Waals surface area contributed by atoms with E-state index in [0.29, 0.717) is 30.3 Å². The van der Waals surface area contributed by atoms with Crippen molar-refractivity contribution >= 4 is 16.8 Å². The van der Waals surface area contributed by atoms with E-state index in [2.05, 4.69) is 4.98 Å². The molecule has 1 fully saturated rings. The quantitative estimate of drug-likeness (QED) is 0.381. The van der Waals surface area contributed by atoms with Crippen molar-refractivity contribution in [3.05, 3.63) is 60.7 Å². The second kappa shape index (κ2) is 10.7. The zero-order valence-corrected chi connectivity index (χ0v) is 21.4. The topological polar surface area (TPSA) is 98.9 Å². The lowest BCUT2D eigenvalue weighted by atomic mass is 10.0. The number of pyridine rings is 1. The Kier molecular flexibility index (Phi) is 7.15. The number of likely N-dealkylation sites (tertiary alicyclic amines) is 1. The van der Waals surface area contributed by atoms with Gasteiger partial charge in [-0.2, -0.15) is 9.49 Å². The number of aromatic nitrogens is 3. The lowest BCUT2D eigenvalue weighted by molar-refractivity contribution is -0.140. The van der Waals surface area contributed by atoms with Gasteiger partial charge in [0.05, 0.1) is 31.8 Å². The Morgan fingerprint density at radius 1 is 1.08 bits per heavy atom. The summed E-state index contributed by atoms with van der Waals surface area (Å²) in [4.78, 5) is 18.5. The zero-order valence-electron chi connectivity index (χ0n) is 21.4. The highest BCUT2D eigenvalue weighted by molar-refractivity contribution is 5.96. The van der Waals surface area contributed by atoms with Gasteiger partial charge in [-0.3, -0.25) is 14.5 Å². The van der Waals surface area contributed by atoms with Gasteiger partial charge < -0.3 is 24.2 Å². The van der Waals surface area contributed by atoms with Gasteiger partial charge in [0.25, 0.3) is 5.91 Å². The molecule has 2 atom stereocenters. The van der Waals surface area contributed by atoms with Gasteiger partial charge in [0.15, 0.2) is 17.2 Å². The molecule has 9 nitrogen and oxygen atoms in total. The van der Waals surface area contributed by atoms with Crippen molar-refractivity contribution in [2.45, 2.75) is 31.9 Å². The molecule has 2 aromatic heterocycles. The van der Waals surface area contributed by atoms with Gasteiger partial charge in [0.2, 0.25) is 5.82 Å². The number of aliphatic hydroxyl groups is 1. The van der Waals surface area contributed by atoms with Gasteiger partial charge in [-0.1, -0.05) is 6.07 Å². The third-order valence-electron chi connectivity index (χ3n) is 6.71. The van der Waals surface area contributed by atoms with Gasteiger partial charge in [-0.05, 0) is 56.2 Å². The lowest BCUT2D eigenvalue weighted by Gasteiger charge is -2.34. The molecular formula is C28H29FN4O5. The van der Waals surface area contributed by atoms with E-state index < -0.39 is 11.9 Å². The van der Waals surface area contributed by atoms with Crippen LogP contribution < -0.4 is 14.2 Å². The van der Waals surface area contributed by atoms with Crippen LogP contribution in [0.15, 0.2) is 54.9 Å². The molecule has 4 aromatic rings. The van der Waals surface area contributed by atoms with Crippen molar-refractivity contribution in [2.75, 3.05) is 27.3 Å². The number of amides is 1. The van der Waals surface area contributed by atoms with E-state index >= 15 is 0 Å². The van der Waals surface area contributed by atoms with Crippen molar-refractivity contribution < 1.29 is 28.5 Å². The largest absolute Gasteiger partial charge is 0.494 e. The average molecular weight is 521 g/mol. The van der Waals surface area contributed by atoms with Crippen molar-refractivity contribution in [1.29, 1.82) is 0 Å². The molecule has 1 amide bonds. The van der Waals surface area contributed by atoms with Crippen LogP contribution >= 0.6 is 0 Å². The highest BCUT2D eigenvalue weighted by Crippen LogP contribution is 2.37. The van der Waals surface area contributed by atoms with Crippen LogP contribution in [0.5, 0.6) is 23.0 Å². The van der Waals surface area contributed by atoms with Crippen LogP contribution in [0.1, 0.15) is 25.8 Å². The van der Waals surface area contributed by atoms with E-state index in [1.807, 2.05) is 16.8 Å². The minimum Gasteiger partial charge on any atom is -0.494 e. The first-order valence-corrected chi connectivity index (χ1v) is 12.4. The number of nitrogens with zero attached hydrogens (tertiary/aromatic N) is 4. The summed E-state index contributed by atoms with van der Waals surface area (Å²) in [6, 6.07) is 11.8. The summed E-state index contributed by atoms with van der Waals surface area (Å²) in [6.45, 7) is 2.52. The molecule has 38 heavy (non-hydrogen) atoms. The van der Waals surface area contributed by atoms with Crippen LogP contribution in [-0.4, -0.2) is 64.1 Å². The molecule has 5 rings (SSSR count). The summed E-state index contributed by atoms with van der Waals surface area (Å²) in [6.07, 6.45) is 3.95. The fourth-order valence-electron chi connectivity index (χ4n) is 4.84. The van der Waals surface area contributed by atoms with Crippen LogP contribution in [0.4, 0.5) is 4.39 Å². The van der Waals surface area contributed by atoms with E-state index in [0.717, 1.165) is 29.3 Å². The second-order valence-electron chi connectivity index (χ2n) is 9.19. The van der Waals surface area contributed by atoms with E-state index in [1.165, 1.54) is 26.2 Å². The molecule has 3 heterocycles. The normalized spacial score (nSPS) is 16.3. The van der Waals surface area contributed by atoms with Crippen molar-refractivity contribution in [3.63, 3.8) is 0 Å². The number of piperidine rings is 1. The standard InChI is InChI=1S/C28H29FN4O5/c1-17(34)28(35)32-13-5-6-19(16-32)33-27-21(14-30-15-24(27)37-3)26(31-33)18-9-11-20(12-10-18)38-23-8-4-7-22(36-2)25(23)29/h4,7-12,14-15,17,19,34H,5-6,13,16H2,1-3H3. The molecule has 1 saturated heterocycles. The Bertz CT molecular complexity index is 1450. The first-order chi connectivity index (χ1) is 18.4. The molecule has 10 heteroatoms. The average Bonchev–Trinajstić information content (AvgIpc) is 3.34. The van der Waals surface area contributed by atoms with Crippen LogP contribution in [0, 0.1) is 5.82 Å². The number of carbonyl (C=O) groups is 1. The van der Waals surface area contributed by atoms with E-state index in [-0.39, 0.29) is 23.4 Å². The van der Waals surface area contributed by atoms with E-state index in [4.69, 9.17) is 19.3 Å². The van der Waals surface area contributed by atoms with Crippen molar-refractivity contribution in [2.24, 2.45) is 0 Å². The Morgan fingerprint density at radius 3 is 2.53 bits per heavy atom. The highest BCUT2D eigenvalue weighted by Gasteiger charge is 2.30. The van der Waals surface area contributed by atoms with E-state index in [9.17, 15) is 14.3 Å². The summed E-state index contributed by atoms with van der Waals surface area (Å²) in [7, 11) is 2.99. The predicted octanol–water partition coefficient (Wildman–Crippen LogP) is 4.59. The fraction of sp³-hybridized carbons (Fsp3) is 0.321. The number of hydrogen-bond acceptors (Lipinski definition) is 7. The summed E-state index contributed by atoms with van der Waals surface area (Å²) in [5, 5.41) is 15.6. The summed E-state index contributed by atoms with van der Waals surface area (Å²) >= 11 is 0. The molecule has 1 aliphatic rings. The SMILES string of the molecule is COc1cccc(Oc2ccc(-c3nn(C4CCCN(C(=O)C(C)O)C4)c4c(OC)cncc34)cc2)c1F. The molecule has 1 aliphatic heterocycles. The zero-order chi connectivity index (χ0) is 26.8. The molecule has 1 N–H and O–H groups in total. The van der Waals surface area contributed by atoms with Crippen molar-refractivity contribution in [1.82, 2.24) is 19.7 Å². The number of benzene rings is 2. The molecule has 198 valence electrons. The molecule has 0 bridgehead atoms. The maximum atomic E-state index is 14.5. The van der Waals surface area contributed by atoms with Crippen molar-refractivity contribution in [3.8, 4) is 34.3 Å². The number of ether oxygens (including phenoxy) is 3. The number of halogens is 1. The Morgan fingerprint density at radius 2 is 1.82 bits per heavy atom. The number of carbonyl (C=O) groups excluding carboxylic acids is 1. The highest BCUT2D eigenvalue weighted by atomic mass is 19.1. The monoisotopic (exact) mass is 520 g/mol. The maximum absolute atomic E-state index is 14.5. The van der Waals surface area contributed by atoms with Crippen LogP contribution in [0.2, 0.25) is 0 Å². The summed E-state index contributed by atoms with van der Waals surface area (Å²) in [5.74, 6) is 0.345. The molecule has 2 aromatic carbocycles. The number of hydrogen-bond donors (Lipinski definition) is 1. The molecule has 2 unspecified atom stereocenters. The van der Waals surface area contributed by atoms with Crippen LogP contribution in [0.3, 0.4) is 0 Å². The summed E-state index contributed by atoms with van der Waals surface area (Å²) in [5.41, 5.74) is 2.30. The predicted molar refractivity (Wildman–Crippen MR) is 139 cm³/mol. The molecular weight excluding hydrogens is 491 g/mol. The Balaban J connectivity index is 1.49. The molecule has 0 radical (unpaired) electrons. The maximum Gasteiger partial charge on any atom is 0.251 e. The summed E-state index contributed by atoms with van der Waals surface area (Å²) < 4.78 is 32.8. The van der Waals surface area contributed by atoms with Gasteiger partial charge >= 0.3 is 0 Å². The third-order valence-corrected chi connectivity index (χ3v) is 6.71. The molecule has 0 aliphatic carbocycles. The second-order valence-corrected chi connectivity index (χ2v) is 9.19. The van der Waals surface area contributed by atoms with Gasteiger partial charge in [0.1, 0.15) is 23.1 Å².